The van der Waals surface area contributed by atoms with Gasteiger partial charge in [-0.3, -0.25) is 4.79 Å². The fourth-order valence-corrected chi connectivity index (χ4v) is 6.63. The normalized spacial score (nSPS) is 15.2. The molecule has 5 rings (SSSR count). The lowest BCUT2D eigenvalue weighted by Gasteiger charge is -2.36. The van der Waals surface area contributed by atoms with Crippen LogP contribution in [0.1, 0.15) is 82.6 Å². The summed E-state index contributed by atoms with van der Waals surface area (Å²) in [5, 5.41) is 10.5. The van der Waals surface area contributed by atoms with Crippen molar-refractivity contribution in [2.45, 2.75) is 79.1 Å². The average molecular weight is 608 g/mol. The third-order valence-corrected chi connectivity index (χ3v) is 8.65. The van der Waals surface area contributed by atoms with Crippen LogP contribution >= 0.6 is 0 Å². The summed E-state index contributed by atoms with van der Waals surface area (Å²) in [4.78, 5) is 28.2. The Morgan fingerprint density at radius 2 is 1.73 bits per heavy atom. The minimum Gasteiger partial charge on any atom is -0.493 e. The molecule has 9 heteroatoms. The maximum Gasteiger partial charge on any atom is 0.337 e. The predicted octanol–water partition coefficient (Wildman–Crippen LogP) is 7.03. The molecule has 0 aliphatic carbocycles. The number of benzene rings is 3. The molecule has 0 saturated carbocycles. The Balaban J connectivity index is 1.74. The maximum absolute atomic E-state index is 15.6. The summed E-state index contributed by atoms with van der Waals surface area (Å²) in [7, 11) is 1.33. The average Bonchev–Trinajstić information content (AvgIpc) is 2.98. The summed E-state index contributed by atoms with van der Waals surface area (Å²) in [5.74, 6) is -2.51. The number of halogens is 2. The number of hydrogen-bond donors (Lipinski definition) is 1. The quantitative estimate of drug-likeness (QED) is 0.324. The number of ether oxygens (including phenoxy) is 3. The number of aliphatic carboxylic acids is 1. The first-order chi connectivity index (χ1) is 20.7. The first kappa shape index (κ1) is 31.4. The molecule has 2 heterocycles. The number of amides is 1. The van der Waals surface area contributed by atoms with Crippen LogP contribution < -0.4 is 9.47 Å². The van der Waals surface area contributed by atoms with Crippen LogP contribution in [0.4, 0.5) is 8.78 Å². The van der Waals surface area contributed by atoms with Gasteiger partial charge in [-0.1, -0.05) is 6.07 Å². The van der Waals surface area contributed by atoms with Crippen molar-refractivity contribution in [3.05, 3.63) is 80.4 Å². The van der Waals surface area contributed by atoms with E-state index in [1.54, 1.807) is 25.7 Å². The second kappa shape index (κ2) is 11.8. The molecule has 3 aromatic carbocycles. The highest BCUT2D eigenvalue weighted by molar-refractivity contribution is 5.97. The molecule has 3 aromatic rings. The minimum atomic E-state index is -1.32. The van der Waals surface area contributed by atoms with Gasteiger partial charge in [0.15, 0.2) is 29.2 Å². The number of para-hydroxylation sites is 1. The van der Waals surface area contributed by atoms with Gasteiger partial charge in [0.2, 0.25) is 0 Å². The van der Waals surface area contributed by atoms with Crippen molar-refractivity contribution < 1.29 is 37.7 Å². The maximum atomic E-state index is 15.6. The highest BCUT2D eigenvalue weighted by Crippen LogP contribution is 2.46. The van der Waals surface area contributed by atoms with E-state index >= 15 is 4.39 Å². The van der Waals surface area contributed by atoms with Gasteiger partial charge in [-0.2, -0.15) is 0 Å². The second-order valence-corrected chi connectivity index (χ2v) is 12.5. The van der Waals surface area contributed by atoms with Gasteiger partial charge >= 0.3 is 5.97 Å². The van der Waals surface area contributed by atoms with E-state index < -0.39 is 29.3 Å². The van der Waals surface area contributed by atoms with Gasteiger partial charge in [-0.05, 0) is 118 Å². The predicted molar refractivity (Wildman–Crippen MR) is 162 cm³/mol. The van der Waals surface area contributed by atoms with Crippen molar-refractivity contribution in [2.75, 3.05) is 20.3 Å². The third kappa shape index (κ3) is 5.54. The number of carboxylic acids is 1. The van der Waals surface area contributed by atoms with Crippen LogP contribution in [0.15, 0.2) is 24.3 Å². The molecular weight excluding hydrogens is 568 g/mol. The van der Waals surface area contributed by atoms with Crippen molar-refractivity contribution in [1.29, 1.82) is 0 Å². The van der Waals surface area contributed by atoms with E-state index in [2.05, 4.69) is 0 Å². The fourth-order valence-electron chi connectivity index (χ4n) is 6.63. The van der Waals surface area contributed by atoms with Gasteiger partial charge in [0, 0.05) is 24.2 Å². The standard InChI is InChI=1S/C35H39F2NO6/c1-18-22-11-9-15-43-31(22)27(37)16-24(18)28-20(3)25-17-38(33(39)23-10-8-12-26(36)30(23)42-7)14-13-21(25)19(2)29(28)32(34(40)41)44-35(4,5)6/h8,10,12,16,32H,9,11,13-15,17H2,1-7H3,(H,40,41). The number of carboxylic acid groups (broad SMARTS) is 1. The molecule has 1 unspecified atom stereocenters. The number of hydrogen-bond acceptors (Lipinski definition) is 5. The molecular formula is C35H39F2NO6. The first-order valence-electron chi connectivity index (χ1n) is 14.9. The molecule has 0 saturated heterocycles. The van der Waals surface area contributed by atoms with Gasteiger partial charge in [0.25, 0.3) is 5.91 Å². The lowest BCUT2D eigenvalue weighted by Crippen LogP contribution is -2.37. The molecule has 0 aromatic heterocycles. The Labute approximate surface area is 256 Å². The van der Waals surface area contributed by atoms with Crippen LogP contribution in [0.25, 0.3) is 11.1 Å². The van der Waals surface area contributed by atoms with E-state index in [0.29, 0.717) is 42.7 Å². The number of fused-ring (bicyclic) bond motifs is 2. The van der Waals surface area contributed by atoms with Gasteiger partial charge in [-0.25, -0.2) is 13.6 Å². The number of rotatable bonds is 6. The summed E-state index contributed by atoms with van der Waals surface area (Å²) in [6.07, 6.45) is 0.520. The highest BCUT2D eigenvalue weighted by atomic mass is 19.1. The van der Waals surface area contributed by atoms with Crippen molar-refractivity contribution in [3.63, 3.8) is 0 Å². The molecule has 44 heavy (non-hydrogen) atoms. The van der Waals surface area contributed by atoms with Gasteiger partial charge in [0.05, 0.1) is 24.9 Å². The zero-order valence-corrected chi connectivity index (χ0v) is 26.3. The smallest absolute Gasteiger partial charge is 0.337 e. The van der Waals surface area contributed by atoms with Crippen molar-refractivity contribution >= 4 is 11.9 Å². The topological polar surface area (TPSA) is 85.3 Å². The Hall–Kier alpha value is -3.98. The molecule has 234 valence electrons. The first-order valence-corrected chi connectivity index (χ1v) is 14.9. The minimum absolute atomic E-state index is 0.113. The van der Waals surface area contributed by atoms with E-state index in [0.717, 1.165) is 39.8 Å². The fraction of sp³-hybridized carbons (Fsp3) is 0.429. The van der Waals surface area contributed by atoms with E-state index in [9.17, 15) is 19.1 Å². The Morgan fingerprint density at radius 1 is 1.00 bits per heavy atom. The van der Waals surface area contributed by atoms with E-state index in [4.69, 9.17) is 14.2 Å². The lowest BCUT2D eigenvalue weighted by atomic mass is 9.78. The van der Waals surface area contributed by atoms with Gasteiger partial charge < -0.3 is 24.2 Å². The van der Waals surface area contributed by atoms with Crippen LogP contribution in [0.2, 0.25) is 0 Å². The highest BCUT2D eigenvalue weighted by Gasteiger charge is 2.37. The zero-order valence-electron chi connectivity index (χ0n) is 26.3. The molecule has 0 fully saturated rings. The molecule has 1 amide bonds. The monoisotopic (exact) mass is 607 g/mol. The molecule has 1 N–H and O–H groups in total. The van der Waals surface area contributed by atoms with Crippen LogP contribution in [0.3, 0.4) is 0 Å². The largest absolute Gasteiger partial charge is 0.493 e. The van der Waals surface area contributed by atoms with Crippen LogP contribution in [0, 0.1) is 32.4 Å². The van der Waals surface area contributed by atoms with E-state index in [-0.39, 0.29) is 29.5 Å². The number of methoxy groups -OCH3 is 1. The van der Waals surface area contributed by atoms with E-state index in [1.807, 2.05) is 20.8 Å². The summed E-state index contributed by atoms with van der Waals surface area (Å²) in [6.45, 7) is 12.1. The van der Waals surface area contributed by atoms with Crippen LogP contribution in [-0.2, 0) is 28.9 Å². The third-order valence-electron chi connectivity index (χ3n) is 8.65. The Morgan fingerprint density at radius 3 is 2.39 bits per heavy atom. The van der Waals surface area contributed by atoms with Crippen molar-refractivity contribution in [3.8, 4) is 22.6 Å². The SMILES string of the molecule is COc1c(F)cccc1C(=O)N1CCc2c(C)c(C(OC(C)(C)C)C(=O)O)c(-c3cc(F)c4c(c3C)CCCO4)c(C)c2C1. The van der Waals surface area contributed by atoms with E-state index in [1.165, 1.54) is 31.4 Å². The molecule has 0 spiro atoms. The summed E-state index contributed by atoms with van der Waals surface area (Å²) < 4.78 is 47.2. The number of nitrogens with zero attached hydrogens (tertiary/aromatic N) is 1. The molecule has 0 radical (unpaired) electrons. The van der Waals surface area contributed by atoms with Gasteiger partial charge in [-0.15, -0.1) is 0 Å². The van der Waals surface area contributed by atoms with Crippen LogP contribution in [-0.4, -0.2) is 47.7 Å². The second-order valence-electron chi connectivity index (χ2n) is 12.5. The molecule has 2 aliphatic rings. The Kier molecular flexibility index (Phi) is 8.46. The zero-order chi connectivity index (χ0) is 32.1. The van der Waals surface area contributed by atoms with Crippen molar-refractivity contribution in [2.24, 2.45) is 0 Å². The summed E-state index contributed by atoms with van der Waals surface area (Å²) in [6, 6.07) is 5.68. The molecule has 0 bridgehead atoms. The summed E-state index contributed by atoms with van der Waals surface area (Å²) in [5.41, 5.74) is 5.83. The summed E-state index contributed by atoms with van der Waals surface area (Å²) >= 11 is 0. The number of carbonyl (C=O) groups excluding carboxylic acids is 1. The molecule has 1 atom stereocenters. The van der Waals surface area contributed by atoms with Crippen molar-refractivity contribution in [1.82, 2.24) is 4.90 Å². The Bertz CT molecular complexity index is 1660. The molecule has 2 aliphatic heterocycles. The van der Waals surface area contributed by atoms with Gasteiger partial charge in [0.1, 0.15) is 0 Å². The molecule has 7 nitrogen and oxygen atoms in total. The lowest BCUT2D eigenvalue weighted by molar-refractivity contribution is -0.160. The number of carbonyl (C=O) groups is 2. The van der Waals surface area contributed by atoms with Crippen LogP contribution in [0.5, 0.6) is 11.5 Å².